The van der Waals surface area contributed by atoms with Crippen LogP contribution in [0.15, 0.2) is 36.4 Å². The van der Waals surface area contributed by atoms with Gasteiger partial charge in [0.25, 0.3) is 0 Å². The maximum Gasteiger partial charge on any atom is 0.225 e. The Bertz CT molecular complexity index is 748. The van der Waals surface area contributed by atoms with Crippen molar-refractivity contribution >= 4 is 17.5 Å². The average molecular weight is 364 g/mol. The Morgan fingerprint density at radius 3 is 2.40 bits per heavy atom. The minimum atomic E-state index is -0.155. The second-order valence-corrected chi connectivity index (χ2v) is 5.95. The highest BCUT2D eigenvalue weighted by molar-refractivity contribution is 6.30. The average Bonchev–Trinajstić information content (AvgIpc) is 2.60. The molecule has 2 aromatic rings. The SMILES string of the molecule is COc1ccc(CC(=O)NC(C)c2cccc(Cl)c2)c(OC)c1OC. The normalized spacial score (nSPS) is 11.6. The molecule has 6 heteroatoms. The summed E-state index contributed by atoms with van der Waals surface area (Å²) in [6, 6.07) is 10.8. The van der Waals surface area contributed by atoms with Crippen LogP contribution in [0.1, 0.15) is 24.1 Å². The smallest absolute Gasteiger partial charge is 0.225 e. The van der Waals surface area contributed by atoms with Crippen molar-refractivity contribution in [1.29, 1.82) is 0 Å². The third-order valence-electron chi connectivity index (χ3n) is 3.86. The number of ether oxygens (including phenoxy) is 3. The molecule has 2 aromatic carbocycles. The minimum absolute atomic E-state index is 0.127. The van der Waals surface area contributed by atoms with Gasteiger partial charge in [-0.3, -0.25) is 4.79 Å². The van der Waals surface area contributed by atoms with E-state index >= 15 is 0 Å². The molecule has 0 saturated carbocycles. The van der Waals surface area contributed by atoms with E-state index in [1.807, 2.05) is 25.1 Å². The second kappa shape index (κ2) is 8.62. The molecule has 0 aliphatic heterocycles. The molecule has 0 aromatic heterocycles. The van der Waals surface area contributed by atoms with Gasteiger partial charge in [0.1, 0.15) is 0 Å². The maximum absolute atomic E-state index is 12.4. The molecule has 1 amide bonds. The molecule has 5 nitrogen and oxygen atoms in total. The fourth-order valence-electron chi connectivity index (χ4n) is 2.63. The second-order valence-electron chi connectivity index (χ2n) is 5.51. The number of methoxy groups -OCH3 is 3. The molecule has 0 spiro atoms. The first-order valence-corrected chi connectivity index (χ1v) is 8.20. The molecule has 25 heavy (non-hydrogen) atoms. The van der Waals surface area contributed by atoms with Crippen LogP contribution < -0.4 is 19.5 Å². The number of benzene rings is 2. The molecule has 0 heterocycles. The van der Waals surface area contributed by atoms with Crippen LogP contribution in [0.2, 0.25) is 5.02 Å². The van der Waals surface area contributed by atoms with Crippen LogP contribution in [0, 0.1) is 0 Å². The van der Waals surface area contributed by atoms with Crippen molar-refractivity contribution in [1.82, 2.24) is 5.32 Å². The summed E-state index contributed by atoms with van der Waals surface area (Å²) < 4.78 is 16.0. The quantitative estimate of drug-likeness (QED) is 0.813. The number of halogens is 1. The molecule has 0 aliphatic rings. The van der Waals surface area contributed by atoms with Crippen LogP contribution in [0.5, 0.6) is 17.2 Å². The molecule has 0 saturated heterocycles. The monoisotopic (exact) mass is 363 g/mol. The topological polar surface area (TPSA) is 56.8 Å². The van der Waals surface area contributed by atoms with Gasteiger partial charge in [-0.1, -0.05) is 29.8 Å². The molecule has 1 N–H and O–H groups in total. The first-order valence-electron chi connectivity index (χ1n) is 7.82. The minimum Gasteiger partial charge on any atom is -0.493 e. The highest BCUT2D eigenvalue weighted by atomic mass is 35.5. The predicted octanol–water partition coefficient (Wildman–Crippen LogP) is 3.79. The highest BCUT2D eigenvalue weighted by Crippen LogP contribution is 2.39. The van der Waals surface area contributed by atoms with E-state index < -0.39 is 0 Å². The van der Waals surface area contributed by atoms with Crippen molar-refractivity contribution in [3.63, 3.8) is 0 Å². The molecule has 0 bridgehead atoms. The van der Waals surface area contributed by atoms with E-state index in [1.54, 1.807) is 25.3 Å². The Labute approximate surface area is 152 Å². The van der Waals surface area contributed by atoms with Crippen molar-refractivity contribution in [3.8, 4) is 17.2 Å². The van der Waals surface area contributed by atoms with Crippen LogP contribution in [-0.4, -0.2) is 27.2 Å². The molecular formula is C19H22ClNO4. The number of amides is 1. The van der Waals surface area contributed by atoms with Gasteiger partial charge in [0.2, 0.25) is 11.7 Å². The van der Waals surface area contributed by atoms with Crippen LogP contribution in [0.4, 0.5) is 0 Å². The van der Waals surface area contributed by atoms with Crippen LogP contribution >= 0.6 is 11.6 Å². The summed E-state index contributed by atoms with van der Waals surface area (Å²) in [5.74, 6) is 1.39. The van der Waals surface area contributed by atoms with Crippen molar-refractivity contribution < 1.29 is 19.0 Å². The van der Waals surface area contributed by atoms with Gasteiger partial charge >= 0.3 is 0 Å². The van der Waals surface area contributed by atoms with E-state index in [0.29, 0.717) is 22.3 Å². The highest BCUT2D eigenvalue weighted by Gasteiger charge is 2.18. The summed E-state index contributed by atoms with van der Waals surface area (Å²) >= 11 is 6.00. The molecule has 134 valence electrons. The van der Waals surface area contributed by atoms with E-state index in [1.165, 1.54) is 14.2 Å². The van der Waals surface area contributed by atoms with Crippen LogP contribution in [-0.2, 0) is 11.2 Å². The summed E-state index contributed by atoms with van der Waals surface area (Å²) in [6.07, 6.45) is 0.161. The molecule has 1 unspecified atom stereocenters. The van der Waals surface area contributed by atoms with E-state index in [0.717, 1.165) is 11.1 Å². The van der Waals surface area contributed by atoms with Crippen molar-refractivity contribution in [2.24, 2.45) is 0 Å². The van der Waals surface area contributed by atoms with Gasteiger partial charge in [-0.15, -0.1) is 0 Å². The Balaban J connectivity index is 2.15. The summed E-state index contributed by atoms with van der Waals surface area (Å²) in [5.41, 5.74) is 1.66. The van der Waals surface area contributed by atoms with E-state index in [2.05, 4.69) is 5.32 Å². The summed E-state index contributed by atoms with van der Waals surface area (Å²) in [4.78, 5) is 12.4. The van der Waals surface area contributed by atoms with Crippen LogP contribution in [0.25, 0.3) is 0 Å². The summed E-state index contributed by atoms with van der Waals surface area (Å²) in [7, 11) is 4.62. The zero-order valence-electron chi connectivity index (χ0n) is 14.8. The first kappa shape index (κ1) is 18.9. The fraction of sp³-hybridized carbons (Fsp3) is 0.316. The first-order chi connectivity index (χ1) is 12.0. The maximum atomic E-state index is 12.4. The number of hydrogen-bond acceptors (Lipinski definition) is 4. The Kier molecular flexibility index (Phi) is 6.53. The molecule has 2 rings (SSSR count). The third-order valence-corrected chi connectivity index (χ3v) is 4.10. The fourth-order valence-corrected chi connectivity index (χ4v) is 2.83. The van der Waals surface area contributed by atoms with E-state index in [9.17, 15) is 4.79 Å². The van der Waals surface area contributed by atoms with Crippen LogP contribution in [0.3, 0.4) is 0 Å². The lowest BCUT2D eigenvalue weighted by Crippen LogP contribution is -2.28. The molecule has 1 atom stereocenters. The largest absolute Gasteiger partial charge is 0.493 e. The zero-order chi connectivity index (χ0) is 18.4. The number of rotatable bonds is 7. The van der Waals surface area contributed by atoms with Gasteiger partial charge in [0.15, 0.2) is 11.5 Å². The van der Waals surface area contributed by atoms with Gasteiger partial charge in [-0.05, 0) is 30.7 Å². The lowest BCUT2D eigenvalue weighted by molar-refractivity contribution is -0.121. The number of nitrogens with one attached hydrogen (secondary N) is 1. The van der Waals surface area contributed by atoms with E-state index in [4.69, 9.17) is 25.8 Å². The Hall–Kier alpha value is -2.40. The lowest BCUT2D eigenvalue weighted by Gasteiger charge is -2.17. The van der Waals surface area contributed by atoms with Crippen molar-refractivity contribution in [3.05, 3.63) is 52.5 Å². The Morgan fingerprint density at radius 1 is 1.08 bits per heavy atom. The standard InChI is InChI=1S/C19H22ClNO4/c1-12(13-6-5-7-15(20)10-13)21-17(22)11-14-8-9-16(23-2)19(25-4)18(14)24-3/h5-10,12H,11H2,1-4H3,(H,21,22). The number of hydrogen-bond donors (Lipinski definition) is 1. The van der Waals surface area contributed by atoms with Crippen molar-refractivity contribution in [2.75, 3.05) is 21.3 Å². The summed E-state index contributed by atoms with van der Waals surface area (Å²) in [6.45, 7) is 1.91. The lowest BCUT2D eigenvalue weighted by atomic mass is 10.1. The Morgan fingerprint density at radius 2 is 1.80 bits per heavy atom. The predicted molar refractivity (Wildman–Crippen MR) is 97.8 cm³/mol. The zero-order valence-corrected chi connectivity index (χ0v) is 15.5. The molecule has 0 fully saturated rings. The van der Waals surface area contributed by atoms with Gasteiger partial charge in [-0.2, -0.15) is 0 Å². The van der Waals surface area contributed by atoms with Crippen molar-refractivity contribution in [2.45, 2.75) is 19.4 Å². The van der Waals surface area contributed by atoms with E-state index in [-0.39, 0.29) is 18.4 Å². The van der Waals surface area contributed by atoms with Gasteiger partial charge in [0.05, 0.1) is 33.8 Å². The van der Waals surface area contributed by atoms with Gasteiger partial charge in [-0.25, -0.2) is 0 Å². The molecular weight excluding hydrogens is 342 g/mol. The number of carbonyl (C=O) groups is 1. The third kappa shape index (κ3) is 4.57. The molecule has 0 radical (unpaired) electrons. The molecule has 0 aliphatic carbocycles. The summed E-state index contributed by atoms with van der Waals surface area (Å²) in [5, 5.41) is 3.60. The van der Waals surface area contributed by atoms with Gasteiger partial charge in [0, 0.05) is 10.6 Å². The number of carbonyl (C=O) groups excluding carboxylic acids is 1. The van der Waals surface area contributed by atoms with Gasteiger partial charge < -0.3 is 19.5 Å².